The second-order valence-corrected chi connectivity index (χ2v) is 48.1. The average Bonchev–Trinajstić information content (AvgIpc) is 1.42. The predicted molar refractivity (Wildman–Crippen MR) is 563 cm³/mol. The summed E-state index contributed by atoms with van der Waals surface area (Å²) < 4.78 is 21.9. The van der Waals surface area contributed by atoms with Crippen molar-refractivity contribution in [2.24, 2.45) is 35.5 Å². The highest BCUT2D eigenvalue weighted by Gasteiger charge is 2.46. The molecule has 30 heteroatoms. The van der Waals surface area contributed by atoms with Crippen LogP contribution in [0, 0.1) is 35.5 Å². The summed E-state index contributed by atoms with van der Waals surface area (Å²) in [5.41, 5.74) is -0.445. The van der Waals surface area contributed by atoms with E-state index in [1.54, 1.807) is 0 Å². The molecule has 13 aliphatic rings. The Balaban J connectivity index is 0.000000204. The monoisotopic (exact) mass is 1950 g/mol. The van der Waals surface area contributed by atoms with Gasteiger partial charge in [-0.3, -0.25) is 38.8 Å². The highest BCUT2D eigenvalue weighted by atomic mass is 16.6. The first-order chi connectivity index (χ1) is 65.4. The van der Waals surface area contributed by atoms with Crippen LogP contribution >= 0.6 is 0 Å². The number of hydrogen-bond donors (Lipinski definition) is 6. The van der Waals surface area contributed by atoms with E-state index >= 15 is 0 Å². The summed E-state index contributed by atoms with van der Waals surface area (Å²) in [6.45, 7) is 82.1. The number of piperidine rings is 6. The number of alkyl carbamates (subject to hydrolysis) is 2. The molecule has 0 aromatic rings. The molecule has 0 unspecified atom stereocenters. The van der Waals surface area contributed by atoms with Crippen LogP contribution in [0.2, 0.25) is 0 Å². The summed E-state index contributed by atoms with van der Waals surface area (Å²) in [4.78, 5) is 109. The zero-order valence-corrected chi connectivity index (χ0v) is 92.7. The Kier molecular flexibility index (Phi) is 50.8. The molecule has 13 rings (SSSR count). The van der Waals surface area contributed by atoms with Gasteiger partial charge in [0.05, 0.1) is 72.9 Å². The number of nitrogens with one attached hydrogen (secondary N) is 6. The molecule has 138 heavy (non-hydrogen) atoms. The third kappa shape index (κ3) is 43.8. The summed E-state index contributed by atoms with van der Waals surface area (Å²) in [6, 6.07) is 3.52. The number of nitrogens with zero attached hydrogens (tertiary/aromatic N) is 14. The molecular formula is C108H210N20O10. The van der Waals surface area contributed by atoms with Crippen molar-refractivity contribution in [1.82, 2.24) is 100 Å². The number of carbonyl (C=O) groups is 6. The van der Waals surface area contributed by atoms with Crippen LogP contribution < -0.4 is 31.9 Å². The van der Waals surface area contributed by atoms with Gasteiger partial charge in [0.25, 0.3) is 0 Å². The van der Waals surface area contributed by atoms with Crippen LogP contribution in [-0.4, -0.2) is 451 Å². The molecule has 3 saturated carbocycles. The lowest BCUT2D eigenvalue weighted by Crippen LogP contribution is -2.63. The number of likely N-dealkylation sites (N-methyl/N-ethyl adjacent to an activating group) is 4. The molecule has 0 bridgehead atoms. The normalized spacial score (nSPS) is 23.6. The number of hydrogen-bond acceptors (Lipinski definition) is 24. The van der Waals surface area contributed by atoms with Gasteiger partial charge in [0.2, 0.25) is 23.6 Å². The first-order valence-corrected chi connectivity index (χ1v) is 55.8. The molecule has 6 amide bonds. The molecule has 10 saturated heterocycles. The standard InChI is InChI=1S/C20H38N4O2.C20H40N4O2.C18H33N3O2.C18H35N3O2.C16H31N3O.C16H33N3O/c1-4-22-11-13-23(14-12-22)16-20(7-9-24(10-8-20)17(2)3)21-19(25)26-15-18-5-6-18;1-6-22-11-13-23(14-12-22)16-20(21-19(25)26-15-17(2)3)7-9-24(10-8-20)18(4)5;1-15(2)21-7-5-18(6-8-21,14-20-9-11-23-12-10-20)19-17(22)13-16-3-4-16;1-15(2)13-17(22)19-18(14-20-9-11-23-12-10-20)5-7-21(8-6-18)16(3)4;1-13(2)19-9-7-16(8-10-19,12-18(3)4)17-15(20)11-14-5-6-14;1-13(2)11-15(20)17-16(12-18(5)6)7-9-19(10-8-16)14(3)4/h17-18H,4-16H2,1-3H3,(H,21,25);17-18H,6-16H2,1-5H3,(H,21,25);15-16H,3-14H2,1-2H3,(H,19,22);15-16H,5-14H2,1-4H3,(H,19,22);13-14H,5-12H2,1-4H3,(H,17,20);13-14H,7-12H2,1-6H3,(H,17,20). The van der Waals surface area contributed by atoms with Crippen LogP contribution in [0.15, 0.2) is 0 Å². The maximum Gasteiger partial charge on any atom is 0.407 e. The van der Waals surface area contributed by atoms with E-state index in [1.165, 1.54) is 38.5 Å². The summed E-state index contributed by atoms with van der Waals surface area (Å²) in [5.74, 6) is 4.10. The van der Waals surface area contributed by atoms with E-state index in [4.69, 9.17) is 18.9 Å². The van der Waals surface area contributed by atoms with Gasteiger partial charge < -0.3 is 99.8 Å². The molecule has 0 atom stereocenters. The van der Waals surface area contributed by atoms with Crippen molar-refractivity contribution >= 4 is 35.8 Å². The molecule has 10 heterocycles. The van der Waals surface area contributed by atoms with Gasteiger partial charge >= 0.3 is 12.2 Å². The number of rotatable bonds is 38. The van der Waals surface area contributed by atoms with Crippen LogP contribution in [-0.2, 0) is 38.1 Å². The number of carbonyl (C=O) groups excluding carboxylic acids is 6. The van der Waals surface area contributed by atoms with Crippen molar-refractivity contribution in [3.63, 3.8) is 0 Å². The lowest BCUT2D eigenvalue weighted by Gasteiger charge is -2.47. The van der Waals surface area contributed by atoms with Crippen molar-refractivity contribution < 1.29 is 47.7 Å². The Hall–Kier alpha value is -4.22. The van der Waals surface area contributed by atoms with E-state index in [-0.39, 0.29) is 69.0 Å². The number of morpholine rings is 2. The van der Waals surface area contributed by atoms with E-state index in [0.29, 0.717) is 97.8 Å². The largest absolute Gasteiger partial charge is 0.449 e. The molecule has 802 valence electrons. The maximum atomic E-state index is 12.5. The third-order valence-corrected chi connectivity index (χ3v) is 31.9. The Morgan fingerprint density at radius 2 is 0.522 bits per heavy atom. The zero-order valence-electron chi connectivity index (χ0n) is 92.7. The Labute approximate surface area is 841 Å². The summed E-state index contributed by atoms with van der Waals surface area (Å²) in [5, 5.41) is 20.2. The van der Waals surface area contributed by atoms with Crippen molar-refractivity contribution in [1.29, 1.82) is 0 Å². The van der Waals surface area contributed by atoms with Crippen molar-refractivity contribution in [2.75, 3.05) is 277 Å². The van der Waals surface area contributed by atoms with E-state index in [1.807, 2.05) is 0 Å². The molecule has 0 spiro atoms. The van der Waals surface area contributed by atoms with Gasteiger partial charge in [-0.25, -0.2) is 9.59 Å². The van der Waals surface area contributed by atoms with Gasteiger partial charge in [0, 0.05) is 258 Å². The topological polar surface area (TPSA) is 257 Å². The highest BCUT2D eigenvalue weighted by Crippen LogP contribution is 2.37. The molecule has 3 aliphatic carbocycles. The first kappa shape index (κ1) is 119. The van der Waals surface area contributed by atoms with Crippen LogP contribution in [0.25, 0.3) is 0 Å². The number of piperazine rings is 2. The minimum atomic E-state index is -0.246. The molecular weight excluding hydrogens is 1740 g/mol. The lowest BCUT2D eigenvalue weighted by atomic mass is 9.85. The molecule has 10 aliphatic heterocycles. The summed E-state index contributed by atoms with van der Waals surface area (Å²) in [7, 11) is 8.38. The average molecular weight is 1950 g/mol. The number of likely N-dealkylation sites (tertiary alicyclic amines) is 6. The second-order valence-electron chi connectivity index (χ2n) is 48.1. The summed E-state index contributed by atoms with van der Waals surface area (Å²) >= 11 is 0. The minimum Gasteiger partial charge on any atom is -0.449 e. The van der Waals surface area contributed by atoms with Crippen molar-refractivity contribution in [3.8, 4) is 0 Å². The van der Waals surface area contributed by atoms with Crippen molar-refractivity contribution in [2.45, 2.75) is 349 Å². The maximum absolute atomic E-state index is 12.5. The zero-order chi connectivity index (χ0) is 101. The van der Waals surface area contributed by atoms with Gasteiger partial charge in [0.1, 0.15) is 0 Å². The van der Waals surface area contributed by atoms with E-state index in [2.05, 4.69) is 267 Å². The lowest BCUT2D eigenvalue weighted by molar-refractivity contribution is -0.126. The van der Waals surface area contributed by atoms with Crippen LogP contribution in [0.3, 0.4) is 0 Å². The fourth-order valence-corrected chi connectivity index (χ4v) is 22.2. The second kappa shape index (κ2) is 58.9. The number of amides is 6. The van der Waals surface area contributed by atoms with E-state index < -0.39 is 0 Å². The van der Waals surface area contributed by atoms with Crippen LogP contribution in [0.4, 0.5) is 9.59 Å². The van der Waals surface area contributed by atoms with Crippen LogP contribution in [0.5, 0.6) is 0 Å². The van der Waals surface area contributed by atoms with Crippen molar-refractivity contribution in [3.05, 3.63) is 0 Å². The van der Waals surface area contributed by atoms with Crippen LogP contribution in [0.1, 0.15) is 280 Å². The third-order valence-electron chi connectivity index (χ3n) is 31.9. The van der Waals surface area contributed by atoms with Gasteiger partial charge in [0.15, 0.2) is 0 Å². The molecule has 30 nitrogen and oxygen atoms in total. The minimum absolute atomic E-state index is 0.0130. The van der Waals surface area contributed by atoms with Gasteiger partial charge in [-0.05, 0) is 275 Å². The highest BCUT2D eigenvalue weighted by molar-refractivity contribution is 5.79. The van der Waals surface area contributed by atoms with Gasteiger partial charge in [-0.2, -0.15) is 0 Å². The first-order valence-electron chi connectivity index (χ1n) is 55.8. The fraction of sp³-hybridized carbons (Fsp3) is 0.944. The summed E-state index contributed by atoms with van der Waals surface area (Å²) in [6.07, 6.45) is 22.2. The molecule has 13 fully saturated rings. The SMILES string of the molecule is CC(C)CC(=O)NC1(CN(C)C)CCN(C(C)C)CC1.CC(C)CC(=O)NC1(CN2CCOCC2)CCN(C(C)C)CC1.CC(C)N1CCC(CN(C)C)(NC(=O)CC2CC2)CC1.CC(C)N1CCC(CN2CCOCC2)(NC(=O)CC2CC2)CC1.CCN1CCN(CC2(NC(=O)OCC(C)C)CCN(C(C)C)CC2)CC1.CCN1CCN(CC2(NC(=O)OCC3CC3)CCN(C(C)C)CC2)CC1. The molecule has 6 N–H and O–H groups in total. The Morgan fingerprint density at radius 1 is 0.290 bits per heavy atom. The smallest absolute Gasteiger partial charge is 0.407 e. The quantitative estimate of drug-likeness (QED) is 0.0336. The Bertz CT molecular complexity index is 3210. The van der Waals surface area contributed by atoms with E-state index in [0.717, 1.165) is 326 Å². The molecule has 0 aromatic heterocycles. The fourth-order valence-electron chi connectivity index (χ4n) is 22.2. The molecule has 0 aromatic carbocycles. The Morgan fingerprint density at radius 3 is 0.768 bits per heavy atom. The molecule has 0 radical (unpaired) electrons. The predicted octanol–water partition coefficient (Wildman–Crippen LogP) is 11.1. The van der Waals surface area contributed by atoms with Gasteiger partial charge in [-0.15, -0.1) is 0 Å². The van der Waals surface area contributed by atoms with E-state index in [9.17, 15) is 28.8 Å². The number of ether oxygens (including phenoxy) is 4. The van der Waals surface area contributed by atoms with Gasteiger partial charge in [-0.1, -0.05) is 55.4 Å².